The van der Waals surface area contributed by atoms with E-state index in [0.717, 1.165) is 40.1 Å². The van der Waals surface area contributed by atoms with Gasteiger partial charge in [-0.1, -0.05) is 12.1 Å². The zero-order chi connectivity index (χ0) is 20.8. The van der Waals surface area contributed by atoms with E-state index in [0.29, 0.717) is 32.0 Å². The number of ether oxygens (including phenoxy) is 1. The van der Waals surface area contributed by atoms with Crippen LogP contribution in [0, 0.1) is 0 Å². The quantitative estimate of drug-likeness (QED) is 0.538. The predicted octanol–water partition coefficient (Wildman–Crippen LogP) is 3.48. The maximum Gasteiger partial charge on any atom is 0.231 e. The molecule has 31 heavy (non-hydrogen) atoms. The summed E-state index contributed by atoms with van der Waals surface area (Å²) in [7, 11) is 0. The third-order valence-electron chi connectivity index (χ3n) is 6.01. The number of rotatable bonds is 3. The van der Waals surface area contributed by atoms with Crippen LogP contribution in [0.4, 0.5) is 11.5 Å². The normalized spacial score (nSPS) is 18.1. The molecule has 1 aromatic carbocycles. The number of nitrogens with zero attached hydrogens (tertiary/aromatic N) is 4. The van der Waals surface area contributed by atoms with Crippen molar-refractivity contribution in [2.24, 2.45) is 0 Å². The monoisotopic (exact) mass is 431 g/mol. The standard InChI is InChI=1S/C23H21N5O2S/c29-21(10-15-5-9-31-14-15)28-12-16-13-30-8-7-27(16)23-20(28)11-25-22(26-23)18-2-1-3-19-17(18)4-6-24-19/h1-6,9,11,14,16,24H,7-8,10,12-13H2. The summed E-state index contributed by atoms with van der Waals surface area (Å²) in [5, 5.41) is 5.11. The van der Waals surface area contributed by atoms with Gasteiger partial charge in [0, 0.05) is 35.8 Å². The molecular weight excluding hydrogens is 410 g/mol. The van der Waals surface area contributed by atoms with Gasteiger partial charge in [-0.25, -0.2) is 9.97 Å². The number of fused-ring (bicyclic) bond motifs is 4. The summed E-state index contributed by atoms with van der Waals surface area (Å²) in [5.41, 5.74) is 3.85. The zero-order valence-electron chi connectivity index (χ0n) is 16.8. The highest BCUT2D eigenvalue weighted by Gasteiger charge is 2.37. The summed E-state index contributed by atoms with van der Waals surface area (Å²) in [6.07, 6.45) is 4.11. The summed E-state index contributed by atoms with van der Waals surface area (Å²) in [6.45, 7) is 2.60. The van der Waals surface area contributed by atoms with Crippen molar-refractivity contribution in [3.05, 3.63) is 59.0 Å². The van der Waals surface area contributed by atoms with Crippen LogP contribution in [0.5, 0.6) is 0 Å². The minimum Gasteiger partial charge on any atom is -0.377 e. The van der Waals surface area contributed by atoms with Gasteiger partial charge < -0.3 is 19.5 Å². The Morgan fingerprint density at radius 1 is 1.29 bits per heavy atom. The molecule has 1 atom stereocenters. The van der Waals surface area contributed by atoms with Crippen molar-refractivity contribution in [3.63, 3.8) is 0 Å². The number of carbonyl (C=O) groups excluding carboxylic acids is 1. The molecular formula is C23H21N5O2S. The number of nitrogens with one attached hydrogen (secondary N) is 1. The lowest BCUT2D eigenvalue weighted by molar-refractivity contribution is -0.118. The molecule has 0 saturated carbocycles. The molecule has 8 heteroatoms. The molecule has 1 fully saturated rings. The molecule has 4 aromatic rings. The fraction of sp³-hybridized carbons (Fsp3) is 0.261. The number of H-pyrrole nitrogens is 1. The van der Waals surface area contributed by atoms with Crippen LogP contribution in [0.3, 0.4) is 0 Å². The number of anilines is 2. The first-order valence-corrected chi connectivity index (χ1v) is 11.3. The molecule has 2 aliphatic rings. The zero-order valence-corrected chi connectivity index (χ0v) is 17.6. The van der Waals surface area contributed by atoms with E-state index in [2.05, 4.69) is 14.9 Å². The Labute approximate surface area is 183 Å². The van der Waals surface area contributed by atoms with Crippen LogP contribution in [0.25, 0.3) is 22.3 Å². The van der Waals surface area contributed by atoms with E-state index in [1.165, 1.54) is 0 Å². The number of aromatic nitrogens is 3. The van der Waals surface area contributed by atoms with Crippen molar-refractivity contribution in [2.45, 2.75) is 12.5 Å². The molecule has 0 bridgehead atoms. The first-order valence-electron chi connectivity index (χ1n) is 10.4. The molecule has 7 nitrogen and oxygen atoms in total. The molecule has 1 amide bonds. The highest BCUT2D eigenvalue weighted by molar-refractivity contribution is 7.08. The van der Waals surface area contributed by atoms with Gasteiger partial charge in [0.25, 0.3) is 0 Å². The molecule has 1 saturated heterocycles. The average molecular weight is 432 g/mol. The summed E-state index contributed by atoms with van der Waals surface area (Å²) in [4.78, 5) is 30.2. The number of thiophene rings is 1. The predicted molar refractivity (Wildman–Crippen MR) is 122 cm³/mol. The highest BCUT2D eigenvalue weighted by atomic mass is 32.1. The van der Waals surface area contributed by atoms with Crippen molar-refractivity contribution < 1.29 is 9.53 Å². The van der Waals surface area contributed by atoms with Crippen LogP contribution in [-0.4, -0.2) is 53.2 Å². The van der Waals surface area contributed by atoms with Gasteiger partial charge in [-0.05, 0) is 34.5 Å². The van der Waals surface area contributed by atoms with E-state index in [4.69, 9.17) is 9.72 Å². The summed E-state index contributed by atoms with van der Waals surface area (Å²) in [6, 6.07) is 10.2. The number of amides is 1. The fourth-order valence-corrected chi connectivity index (χ4v) is 5.14. The maximum absolute atomic E-state index is 13.2. The number of aromatic amines is 1. The number of carbonyl (C=O) groups is 1. The molecule has 5 heterocycles. The number of benzene rings is 1. The van der Waals surface area contributed by atoms with Gasteiger partial charge in [0.1, 0.15) is 5.69 Å². The molecule has 6 rings (SSSR count). The maximum atomic E-state index is 13.2. The molecule has 1 unspecified atom stereocenters. The molecule has 0 aliphatic carbocycles. The Kier molecular flexibility index (Phi) is 4.47. The van der Waals surface area contributed by atoms with Gasteiger partial charge in [-0.2, -0.15) is 11.3 Å². The third-order valence-corrected chi connectivity index (χ3v) is 6.74. The summed E-state index contributed by atoms with van der Waals surface area (Å²) >= 11 is 1.61. The Balaban J connectivity index is 1.43. The van der Waals surface area contributed by atoms with Gasteiger partial charge in [0.2, 0.25) is 5.91 Å². The Morgan fingerprint density at radius 2 is 2.26 bits per heavy atom. The van der Waals surface area contributed by atoms with Gasteiger partial charge in [-0.3, -0.25) is 4.79 Å². The topological polar surface area (TPSA) is 74.3 Å². The lowest BCUT2D eigenvalue weighted by atomic mass is 10.1. The van der Waals surface area contributed by atoms with Crippen molar-refractivity contribution in [1.29, 1.82) is 0 Å². The molecule has 156 valence electrons. The van der Waals surface area contributed by atoms with Crippen LogP contribution in [0.15, 0.2) is 53.5 Å². The van der Waals surface area contributed by atoms with Crippen molar-refractivity contribution in [3.8, 4) is 11.4 Å². The molecule has 0 spiro atoms. The summed E-state index contributed by atoms with van der Waals surface area (Å²) < 4.78 is 5.72. The fourth-order valence-electron chi connectivity index (χ4n) is 4.47. The number of morpholine rings is 1. The molecule has 1 N–H and O–H groups in total. The second-order valence-corrected chi connectivity index (χ2v) is 8.66. The lowest BCUT2D eigenvalue weighted by Gasteiger charge is -2.44. The highest BCUT2D eigenvalue weighted by Crippen LogP contribution is 2.37. The second-order valence-electron chi connectivity index (χ2n) is 7.88. The van der Waals surface area contributed by atoms with E-state index >= 15 is 0 Å². The van der Waals surface area contributed by atoms with Crippen LogP contribution in [0.2, 0.25) is 0 Å². The SMILES string of the molecule is O=C(Cc1ccsc1)N1CC2COCCN2c2nc(-c3cccc4[nH]ccc34)ncc21. The van der Waals surface area contributed by atoms with E-state index in [9.17, 15) is 4.79 Å². The van der Waals surface area contributed by atoms with Gasteiger partial charge in [0.15, 0.2) is 11.6 Å². The average Bonchev–Trinajstić information content (AvgIpc) is 3.50. The lowest BCUT2D eigenvalue weighted by Crippen LogP contribution is -2.57. The van der Waals surface area contributed by atoms with Gasteiger partial charge in [-0.15, -0.1) is 0 Å². The first kappa shape index (κ1) is 18.5. The van der Waals surface area contributed by atoms with Gasteiger partial charge >= 0.3 is 0 Å². The van der Waals surface area contributed by atoms with Crippen molar-refractivity contribution >= 4 is 39.7 Å². The number of hydrogen-bond donors (Lipinski definition) is 1. The largest absolute Gasteiger partial charge is 0.377 e. The van der Waals surface area contributed by atoms with Crippen LogP contribution in [0.1, 0.15) is 5.56 Å². The summed E-state index contributed by atoms with van der Waals surface area (Å²) in [5.74, 6) is 1.55. The van der Waals surface area contributed by atoms with Crippen molar-refractivity contribution in [1.82, 2.24) is 15.0 Å². The molecule has 2 aliphatic heterocycles. The molecule has 3 aromatic heterocycles. The van der Waals surface area contributed by atoms with E-state index in [-0.39, 0.29) is 11.9 Å². The Hall–Kier alpha value is -3.23. The van der Waals surface area contributed by atoms with E-state index in [1.54, 1.807) is 17.5 Å². The Morgan fingerprint density at radius 3 is 3.16 bits per heavy atom. The Bertz CT molecular complexity index is 1250. The third kappa shape index (κ3) is 3.19. The van der Waals surface area contributed by atoms with E-state index < -0.39 is 0 Å². The smallest absolute Gasteiger partial charge is 0.231 e. The second kappa shape index (κ2) is 7.47. The first-order chi connectivity index (χ1) is 15.3. The van der Waals surface area contributed by atoms with E-state index in [1.807, 2.05) is 52.2 Å². The number of hydrogen-bond acceptors (Lipinski definition) is 6. The van der Waals surface area contributed by atoms with Gasteiger partial charge in [0.05, 0.1) is 31.9 Å². The van der Waals surface area contributed by atoms with Crippen LogP contribution >= 0.6 is 11.3 Å². The van der Waals surface area contributed by atoms with Crippen LogP contribution < -0.4 is 9.80 Å². The molecule has 0 radical (unpaired) electrons. The van der Waals surface area contributed by atoms with Crippen molar-refractivity contribution in [2.75, 3.05) is 36.1 Å². The minimum absolute atomic E-state index is 0.0639. The minimum atomic E-state index is 0.0639. The van der Waals surface area contributed by atoms with Crippen LogP contribution in [-0.2, 0) is 16.0 Å².